The normalized spacial score (nSPS) is 32.5. The van der Waals surface area contributed by atoms with Crippen LogP contribution in [0.1, 0.15) is 44.3 Å². The molecule has 2 heteroatoms. The van der Waals surface area contributed by atoms with E-state index in [2.05, 4.69) is 11.4 Å². The van der Waals surface area contributed by atoms with Gasteiger partial charge in [-0.15, -0.1) is 0 Å². The quantitative estimate of drug-likeness (QED) is 0.802. The molecule has 1 aliphatic carbocycles. The van der Waals surface area contributed by atoms with Crippen molar-refractivity contribution in [3.8, 4) is 0 Å². The SMILES string of the molecule is c1coc(C2(C3CC3)CCCCCN2)c1. The average molecular weight is 205 g/mol. The van der Waals surface area contributed by atoms with Gasteiger partial charge in [-0.2, -0.15) is 0 Å². The fourth-order valence-corrected chi connectivity index (χ4v) is 2.97. The summed E-state index contributed by atoms with van der Waals surface area (Å²) in [5.74, 6) is 1.99. The molecule has 1 aliphatic heterocycles. The van der Waals surface area contributed by atoms with Gasteiger partial charge in [-0.05, 0) is 50.3 Å². The Balaban J connectivity index is 1.92. The van der Waals surface area contributed by atoms with Crippen LogP contribution in [-0.2, 0) is 5.54 Å². The molecule has 1 atom stereocenters. The van der Waals surface area contributed by atoms with E-state index in [1.165, 1.54) is 44.3 Å². The minimum Gasteiger partial charge on any atom is -0.467 e. The van der Waals surface area contributed by atoms with Crippen LogP contribution in [0.25, 0.3) is 0 Å². The van der Waals surface area contributed by atoms with Crippen molar-refractivity contribution in [2.24, 2.45) is 5.92 Å². The van der Waals surface area contributed by atoms with Gasteiger partial charge in [0.1, 0.15) is 5.76 Å². The summed E-state index contributed by atoms with van der Waals surface area (Å²) in [5.41, 5.74) is 0.181. The highest BCUT2D eigenvalue weighted by Gasteiger charge is 2.47. The molecule has 1 N–H and O–H groups in total. The van der Waals surface area contributed by atoms with Gasteiger partial charge in [-0.3, -0.25) is 0 Å². The maximum Gasteiger partial charge on any atom is 0.124 e. The maximum atomic E-state index is 5.67. The van der Waals surface area contributed by atoms with Gasteiger partial charge in [0.25, 0.3) is 0 Å². The van der Waals surface area contributed by atoms with Crippen molar-refractivity contribution in [2.75, 3.05) is 6.54 Å². The van der Waals surface area contributed by atoms with Crippen LogP contribution in [0.3, 0.4) is 0 Å². The van der Waals surface area contributed by atoms with Crippen molar-refractivity contribution in [3.05, 3.63) is 24.2 Å². The second-order valence-corrected chi connectivity index (χ2v) is 4.96. The number of rotatable bonds is 2. The Hall–Kier alpha value is -0.760. The van der Waals surface area contributed by atoms with Crippen LogP contribution in [0.15, 0.2) is 22.8 Å². The molecule has 0 bridgehead atoms. The van der Waals surface area contributed by atoms with Crippen LogP contribution in [0.4, 0.5) is 0 Å². The summed E-state index contributed by atoms with van der Waals surface area (Å²) in [4.78, 5) is 0. The summed E-state index contributed by atoms with van der Waals surface area (Å²) in [6, 6.07) is 4.17. The van der Waals surface area contributed by atoms with E-state index in [9.17, 15) is 0 Å². The zero-order valence-electron chi connectivity index (χ0n) is 9.17. The van der Waals surface area contributed by atoms with E-state index in [-0.39, 0.29) is 5.54 Å². The van der Waals surface area contributed by atoms with E-state index < -0.39 is 0 Å². The first-order valence-electron chi connectivity index (χ1n) is 6.21. The minimum absolute atomic E-state index is 0.181. The molecule has 1 unspecified atom stereocenters. The largest absolute Gasteiger partial charge is 0.467 e. The first kappa shape index (κ1) is 9.46. The third kappa shape index (κ3) is 1.61. The molecule has 1 saturated carbocycles. The summed E-state index contributed by atoms with van der Waals surface area (Å²) in [7, 11) is 0. The highest BCUT2D eigenvalue weighted by atomic mass is 16.3. The lowest BCUT2D eigenvalue weighted by atomic mass is 9.85. The van der Waals surface area contributed by atoms with Gasteiger partial charge < -0.3 is 9.73 Å². The Morgan fingerprint density at radius 3 is 2.93 bits per heavy atom. The van der Waals surface area contributed by atoms with Crippen LogP contribution in [0, 0.1) is 5.92 Å². The second-order valence-electron chi connectivity index (χ2n) is 4.96. The predicted molar refractivity (Wildman–Crippen MR) is 59.6 cm³/mol. The van der Waals surface area contributed by atoms with E-state index in [0.29, 0.717) is 0 Å². The zero-order valence-corrected chi connectivity index (χ0v) is 9.17. The Morgan fingerprint density at radius 2 is 2.20 bits per heavy atom. The van der Waals surface area contributed by atoms with Crippen molar-refractivity contribution >= 4 is 0 Å². The fraction of sp³-hybridized carbons (Fsp3) is 0.692. The van der Waals surface area contributed by atoms with Crippen molar-refractivity contribution in [1.82, 2.24) is 5.32 Å². The molecule has 0 aromatic carbocycles. The monoisotopic (exact) mass is 205 g/mol. The highest BCUT2D eigenvalue weighted by molar-refractivity contribution is 5.18. The van der Waals surface area contributed by atoms with Crippen molar-refractivity contribution in [2.45, 2.75) is 44.1 Å². The van der Waals surface area contributed by atoms with Gasteiger partial charge in [0, 0.05) is 0 Å². The third-order valence-corrected chi connectivity index (χ3v) is 3.92. The van der Waals surface area contributed by atoms with Gasteiger partial charge in [0.2, 0.25) is 0 Å². The molecule has 82 valence electrons. The Bertz CT molecular complexity index is 305. The summed E-state index contributed by atoms with van der Waals surface area (Å²) in [6.45, 7) is 1.15. The molecule has 1 aromatic heterocycles. The summed E-state index contributed by atoms with van der Waals surface area (Å²) >= 11 is 0. The van der Waals surface area contributed by atoms with Crippen LogP contribution >= 0.6 is 0 Å². The van der Waals surface area contributed by atoms with Gasteiger partial charge in [0.15, 0.2) is 0 Å². The summed E-state index contributed by atoms with van der Waals surface area (Å²) in [5, 5.41) is 3.77. The molecule has 0 spiro atoms. The van der Waals surface area contributed by atoms with Gasteiger partial charge in [0.05, 0.1) is 11.8 Å². The molecule has 2 aliphatic rings. The zero-order chi connectivity index (χ0) is 10.1. The molecule has 2 heterocycles. The van der Waals surface area contributed by atoms with Crippen LogP contribution in [-0.4, -0.2) is 6.54 Å². The molecule has 2 fully saturated rings. The van der Waals surface area contributed by atoms with Gasteiger partial charge >= 0.3 is 0 Å². The molecule has 15 heavy (non-hydrogen) atoms. The molecule has 0 radical (unpaired) electrons. The minimum atomic E-state index is 0.181. The van der Waals surface area contributed by atoms with Crippen molar-refractivity contribution in [3.63, 3.8) is 0 Å². The smallest absolute Gasteiger partial charge is 0.124 e. The Morgan fingerprint density at radius 1 is 1.27 bits per heavy atom. The molecular formula is C13H19NO. The molecule has 0 amide bonds. The Kier molecular flexibility index (Phi) is 2.32. The van der Waals surface area contributed by atoms with Crippen LogP contribution < -0.4 is 5.32 Å². The fourth-order valence-electron chi connectivity index (χ4n) is 2.97. The van der Waals surface area contributed by atoms with Gasteiger partial charge in [-0.1, -0.05) is 12.8 Å². The van der Waals surface area contributed by atoms with Crippen LogP contribution in [0.5, 0.6) is 0 Å². The molecule has 1 aromatic rings. The molecule has 1 saturated heterocycles. The van der Waals surface area contributed by atoms with E-state index >= 15 is 0 Å². The summed E-state index contributed by atoms with van der Waals surface area (Å²) in [6.07, 6.45) is 9.82. The number of nitrogens with one attached hydrogen (secondary N) is 1. The number of hydrogen-bond donors (Lipinski definition) is 1. The number of furan rings is 1. The van der Waals surface area contributed by atoms with Gasteiger partial charge in [-0.25, -0.2) is 0 Å². The lowest BCUT2D eigenvalue weighted by Crippen LogP contribution is -2.43. The number of hydrogen-bond acceptors (Lipinski definition) is 2. The molecular weight excluding hydrogens is 186 g/mol. The first-order valence-corrected chi connectivity index (χ1v) is 6.21. The molecule has 2 nitrogen and oxygen atoms in total. The van der Waals surface area contributed by atoms with Crippen molar-refractivity contribution < 1.29 is 4.42 Å². The summed E-state index contributed by atoms with van der Waals surface area (Å²) < 4.78 is 5.67. The second kappa shape index (κ2) is 3.67. The molecule has 3 rings (SSSR count). The van der Waals surface area contributed by atoms with Crippen LogP contribution in [0.2, 0.25) is 0 Å². The maximum absolute atomic E-state index is 5.67. The predicted octanol–water partition coefficient (Wildman–Crippen LogP) is 3.05. The third-order valence-electron chi connectivity index (χ3n) is 3.92. The highest BCUT2D eigenvalue weighted by Crippen LogP contribution is 2.49. The lowest BCUT2D eigenvalue weighted by Gasteiger charge is -2.32. The van der Waals surface area contributed by atoms with E-state index in [0.717, 1.165) is 12.5 Å². The van der Waals surface area contributed by atoms with E-state index in [1.54, 1.807) is 0 Å². The average Bonchev–Trinajstić information content (AvgIpc) is 3.01. The van der Waals surface area contributed by atoms with E-state index in [4.69, 9.17) is 4.42 Å². The standard InChI is InChI=1S/C13H19NO/c1-2-8-13(11-6-7-11,14-9-3-1)12-5-4-10-15-12/h4-5,10-11,14H,1-3,6-9H2. The van der Waals surface area contributed by atoms with E-state index in [1.807, 2.05) is 12.3 Å². The Labute approximate surface area is 91.0 Å². The first-order chi connectivity index (χ1) is 7.42. The topological polar surface area (TPSA) is 25.2 Å². The lowest BCUT2D eigenvalue weighted by molar-refractivity contribution is 0.226. The van der Waals surface area contributed by atoms with Crippen molar-refractivity contribution in [1.29, 1.82) is 0 Å².